The minimum atomic E-state index is 0.366. The van der Waals surface area contributed by atoms with Crippen LogP contribution < -0.4 is 5.73 Å². The Morgan fingerprint density at radius 3 is 2.43 bits per heavy atom. The summed E-state index contributed by atoms with van der Waals surface area (Å²) in [7, 11) is 0. The van der Waals surface area contributed by atoms with Crippen LogP contribution in [0.3, 0.4) is 0 Å². The zero-order valence-electron chi connectivity index (χ0n) is 8.25. The number of nitrogens with two attached hydrogens (primary N) is 1. The largest absolute Gasteiger partial charge is 0.327 e. The Hall–Kier alpha value is -0.340. The second-order valence-corrected chi connectivity index (χ2v) is 5.10. The van der Waals surface area contributed by atoms with Crippen molar-refractivity contribution in [2.75, 3.05) is 0 Å². The van der Waals surface area contributed by atoms with Gasteiger partial charge in [-0.15, -0.1) is 0 Å². The van der Waals surface area contributed by atoms with Crippen LogP contribution in [0.2, 0.25) is 0 Å². The second kappa shape index (κ2) is 4.45. The van der Waals surface area contributed by atoms with E-state index in [0.29, 0.717) is 6.04 Å². The van der Waals surface area contributed by atoms with Crippen LogP contribution in [0.1, 0.15) is 24.8 Å². The first-order valence-corrected chi connectivity index (χ1v) is 6.05. The van der Waals surface area contributed by atoms with Crippen LogP contribution in [0.15, 0.2) is 28.7 Å². The molecule has 0 radical (unpaired) electrons. The fourth-order valence-electron chi connectivity index (χ4n) is 1.93. The number of rotatable bonds is 3. The maximum Gasteiger partial charge on any atom is 0.0175 e. The molecular formula is C12H16BrN. The van der Waals surface area contributed by atoms with E-state index in [-0.39, 0.29) is 0 Å². The molecule has 0 bridgehead atoms. The van der Waals surface area contributed by atoms with Crippen molar-refractivity contribution < 1.29 is 0 Å². The van der Waals surface area contributed by atoms with Crippen molar-refractivity contribution in [1.29, 1.82) is 0 Å². The summed E-state index contributed by atoms with van der Waals surface area (Å²) in [6, 6.07) is 8.85. The van der Waals surface area contributed by atoms with Gasteiger partial charge in [0.1, 0.15) is 0 Å². The molecule has 0 aliphatic heterocycles. The van der Waals surface area contributed by atoms with E-state index in [4.69, 9.17) is 5.73 Å². The molecule has 2 N–H and O–H groups in total. The van der Waals surface area contributed by atoms with Crippen molar-refractivity contribution in [3.63, 3.8) is 0 Å². The van der Waals surface area contributed by atoms with E-state index in [0.717, 1.165) is 16.8 Å². The Morgan fingerprint density at radius 1 is 1.29 bits per heavy atom. The van der Waals surface area contributed by atoms with E-state index in [9.17, 15) is 0 Å². The van der Waals surface area contributed by atoms with Crippen LogP contribution in [0.25, 0.3) is 0 Å². The van der Waals surface area contributed by atoms with Crippen molar-refractivity contribution in [3.05, 3.63) is 34.3 Å². The third kappa shape index (κ3) is 2.37. The fraction of sp³-hybridized carbons (Fsp3) is 0.500. The summed E-state index contributed by atoms with van der Waals surface area (Å²) in [5, 5.41) is 0. The number of hydrogen-bond donors (Lipinski definition) is 1. The predicted molar refractivity (Wildman–Crippen MR) is 63.2 cm³/mol. The van der Waals surface area contributed by atoms with Crippen molar-refractivity contribution in [2.24, 2.45) is 11.7 Å². The molecule has 1 aromatic rings. The lowest BCUT2D eigenvalue weighted by atomic mass is 9.78. The molecule has 0 spiro atoms. The summed E-state index contributed by atoms with van der Waals surface area (Å²) in [5.41, 5.74) is 7.49. The maximum atomic E-state index is 6.14. The number of benzene rings is 1. The van der Waals surface area contributed by atoms with E-state index in [1.54, 1.807) is 0 Å². The quantitative estimate of drug-likeness (QED) is 0.881. The molecule has 2 heteroatoms. The summed E-state index contributed by atoms with van der Waals surface area (Å²) >= 11 is 3.43. The molecule has 0 heterocycles. The first kappa shape index (κ1) is 10.2. The monoisotopic (exact) mass is 253 g/mol. The van der Waals surface area contributed by atoms with Crippen molar-refractivity contribution in [2.45, 2.75) is 31.7 Å². The molecular weight excluding hydrogens is 238 g/mol. The van der Waals surface area contributed by atoms with Crippen molar-refractivity contribution >= 4 is 15.9 Å². The van der Waals surface area contributed by atoms with Gasteiger partial charge in [-0.3, -0.25) is 0 Å². The van der Waals surface area contributed by atoms with Crippen LogP contribution >= 0.6 is 15.9 Å². The van der Waals surface area contributed by atoms with Gasteiger partial charge in [0, 0.05) is 10.5 Å². The molecule has 1 atom stereocenters. The molecule has 1 fully saturated rings. The van der Waals surface area contributed by atoms with Gasteiger partial charge in [-0.1, -0.05) is 34.5 Å². The van der Waals surface area contributed by atoms with Gasteiger partial charge in [-0.25, -0.2) is 0 Å². The molecule has 1 aromatic carbocycles. The predicted octanol–water partition coefficient (Wildman–Crippen LogP) is 3.12. The topological polar surface area (TPSA) is 26.0 Å². The average Bonchev–Trinajstić information content (AvgIpc) is 2.06. The van der Waals surface area contributed by atoms with Crippen LogP contribution in [0.4, 0.5) is 0 Å². The van der Waals surface area contributed by atoms with Crippen LogP contribution in [-0.4, -0.2) is 6.04 Å². The molecule has 1 aliphatic carbocycles. The molecule has 1 aliphatic rings. The van der Waals surface area contributed by atoms with E-state index >= 15 is 0 Å². The molecule has 0 aromatic heterocycles. The van der Waals surface area contributed by atoms with Gasteiger partial charge in [0.25, 0.3) is 0 Å². The Labute approximate surface area is 93.8 Å². The van der Waals surface area contributed by atoms with Gasteiger partial charge in [-0.05, 0) is 42.9 Å². The highest BCUT2D eigenvalue weighted by atomic mass is 79.9. The van der Waals surface area contributed by atoms with Gasteiger partial charge >= 0.3 is 0 Å². The molecule has 1 unspecified atom stereocenters. The van der Waals surface area contributed by atoms with Gasteiger partial charge in [0.15, 0.2) is 0 Å². The van der Waals surface area contributed by atoms with Gasteiger partial charge in [-0.2, -0.15) is 0 Å². The normalized spacial score (nSPS) is 19.0. The highest BCUT2D eigenvalue weighted by Gasteiger charge is 2.24. The summed E-state index contributed by atoms with van der Waals surface area (Å²) in [5.74, 6) is 0.777. The average molecular weight is 254 g/mol. The zero-order valence-corrected chi connectivity index (χ0v) is 9.83. The minimum absolute atomic E-state index is 0.366. The Kier molecular flexibility index (Phi) is 3.24. The summed E-state index contributed by atoms with van der Waals surface area (Å²) in [6.45, 7) is 0. The number of hydrogen-bond acceptors (Lipinski definition) is 1. The highest BCUT2D eigenvalue weighted by molar-refractivity contribution is 9.10. The van der Waals surface area contributed by atoms with Crippen LogP contribution in [0, 0.1) is 5.92 Å². The Balaban J connectivity index is 1.92. The van der Waals surface area contributed by atoms with Crippen LogP contribution in [-0.2, 0) is 6.42 Å². The molecule has 2 rings (SSSR count). The lowest BCUT2D eigenvalue weighted by Gasteiger charge is -2.31. The molecule has 0 saturated heterocycles. The van der Waals surface area contributed by atoms with E-state index in [1.807, 2.05) is 0 Å². The van der Waals surface area contributed by atoms with Crippen molar-refractivity contribution in [1.82, 2.24) is 0 Å². The third-order valence-corrected chi connectivity index (χ3v) is 3.67. The Bertz CT molecular complexity index is 290. The summed E-state index contributed by atoms with van der Waals surface area (Å²) < 4.78 is 1.14. The third-order valence-electron chi connectivity index (χ3n) is 3.14. The lowest BCUT2D eigenvalue weighted by molar-refractivity contribution is 0.260. The molecule has 14 heavy (non-hydrogen) atoms. The molecule has 1 nitrogen and oxygen atoms in total. The standard InChI is InChI=1S/C12H16BrN/c13-11-6-4-9(5-7-11)8-12(14)10-2-1-3-10/h4-7,10,12H,1-3,8,14H2. The Morgan fingerprint density at radius 2 is 1.93 bits per heavy atom. The summed E-state index contributed by atoms with van der Waals surface area (Å²) in [4.78, 5) is 0. The van der Waals surface area contributed by atoms with E-state index < -0.39 is 0 Å². The van der Waals surface area contributed by atoms with Crippen LogP contribution in [0.5, 0.6) is 0 Å². The smallest absolute Gasteiger partial charge is 0.0175 e. The highest BCUT2D eigenvalue weighted by Crippen LogP contribution is 2.30. The van der Waals surface area contributed by atoms with Crippen molar-refractivity contribution in [3.8, 4) is 0 Å². The van der Waals surface area contributed by atoms with Gasteiger partial charge in [0.2, 0.25) is 0 Å². The lowest BCUT2D eigenvalue weighted by Crippen LogP contribution is -2.36. The molecule has 0 amide bonds. The maximum absolute atomic E-state index is 6.14. The molecule has 76 valence electrons. The van der Waals surface area contributed by atoms with E-state index in [1.165, 1.54) is 24.8 Å². The molecule has 1 saturated carbocycles. The first-order valence-electron chi connectivity index (χ1n) is 5.26. The van der Waals surface area contributed by atoms with E-state index in [2.05, 4.69) is 40.2 Å². The van der Waals surface area contributed by atoms with Gasteiger partial charge in [0.05, 0.1) is 0 Å². The second-order valence-electron chi connectivity index (χ2n) is 4.19. The number of halogens is 1. The minimum Gasteiger partial charge on any atom is -0.327 e. The van der Waals surface area contributed by atoms with Gasteiger partial charge < -0.3 is 5.73 Å². The zero-order chi connectivity index (χ0) is 9.97. The fourth-order valence-corrected chi connectivity index (χ4v) is 2.19. The summed E-state index contributed by atoms with van der Waals surface area (Å²) in [6.07, 6.45) is 5.06. The SMILES string of the molecule is NC(Cc1ccc(Br)cc1)C1CCC1. The first-order chi connectivity index (χ1) is 6.75.